The molecule has 0 bridgehead atoms. The van der Waals surface area contributed by atoms with Crippen molar-refractivity contribution >= 4 is 0 Å². The summed E-state index contributed by atoms with van der Waals surface area (Å²) in [6.45, 7) is 7.15. The van der Waals surface area contributed by atoms with Gasteiger partial charge in [-0.05, 0) is 56.5 Å². The van der Waals surface area contributed by atoms with Crippen molar-refractivity contribution < 1.29 is 5.11 Å². The van der Waals surface area contributed by atoms with Crippen LogP contribution in [-0.4, -0.2) is 24.8 Å². The average molecular weight is 227 g/mol. The van der Waals surface area contributed by atoms with Gasteiger partial charge in [-0.3, -0.25) is 0 Å². The number of aliphatic hydroxyl groups excluding tert-OH is 1. The zero-order chi connectivity index (χ0) is 11.8. The molecule has 1 aliphatic carbocycles. The Bertz CT molecular complexity index is 164. The molecule has 2 nitrogen and oxygen atoms in total. The molecule has 2 N–H and O–H groups in total. The molecule has 0 radical (unpaired) electrons. The lowest BCUT2D eigenvalue weighted by Crippen LogP contribution is -2.27. The van der Waals surface area contributed by atoms with E-state index in [1.165, 1.54) is 38.6 Å². The second-order valence-electron chi connectivity index (χ2n) is 5.76. The van der Waals surface area contributed by atoms with Crippen LogP contribution in [0.1, 0.15) is 52.4 Å². The van der Waals surface area contributed by atoms with Gasteiger partial charge in [0.25, 0.3) is 0 Å². The van der Waals surface area contributed by atoms with Gasteiger partial charge in [0.1, 0.15) is 0 Å². The molecule has 16 heavy (non-hydrogen) atoms. The number of aliphatic hydroxyl groups is 1. The maximum Gasteiger partial charge on any atom is 0.0456 e. The van der Waals surface area contributed by atoms with Crippen molar-refractivity contribution in [2.45, 2.75) is 52.4 Å². The third-order valence-corrected chi connectivity index (χ3v) is 3.93. The first-order valence-electron chi connectivity index (χ1n) is 7.04. The minimum absolute atomic E-state index is 0.334. The van der Waals surface area contributed by atoms with E-state index in [0.717, 1.165) is 24.8 Å². The lowest BCUT2D eigenvalue weighted by atomic mass is 9.83. The number of rotatable bonds is 7. The predicted molar refractivity (Wildman–Crippen MR) is 69.5 cm³/mol. The highest BCUT2D eigenvalue weighted by molar-refractivity contribution is 4.71. The molecule has 1 unspecified atom stereocenters. The van der Waals surface area contributed by atoms with Crippen molar-refractivity contribution in [1.29, 1.82) is 0 Å². The summed E-state index contributed by atoms with van der Waals surface area (Å²) in [7, 11) is 0. The summed E-state index contributed by atoms with van der Waals surface area (Å²) < 4.78 is 0. The zero-order valence-corrected chi connectivity index (χ0v) is 11.0. The molecular weight excluding hydrogens is 198 g/mol. The van der Waals surface area contributed by atoms with Crippen molar-refractivity contribution in [2.24, 2.45) is 17.8 Å². The van der Waals surface area contributed by atoms with Gasteiger partial charge < -0.3 is 10.4 Å². The minimum Gasteiger partial charge on any atom is -0.396 e. The topological polar surface area (TPSA) is 32.3 Å². The highest BCUT2D eigenvalue weighted by atomic mass is 16.3. The molecule has 1 aliphatic rings. The molecule has 0 aromatic heterocycles. The number of hydrogen-bond acceptors (Lipinski definition) is 2. The quantitative estimate of drug-likeness (QED) is 0.656. The van der Waals surface area contributed by atoms with Gasteiger partial charge in [0, 0.05) is 6.61 Å². The largest absolute Gasteiger partial charge is 0.396 e. The molecule has 0 amide bonds. The van der Waals surface area contributed by atoms with E-state index in [4.69, 9.17) is 5.11 Å². The van der Waals surface area contributed by atoms with Crippen LogP contribution in [0.25, 0.3) is 0 Å². The van der Waals surface area contributed by atoms with Crippen molar-refractivity contribution in [3.05, 3.63) is 0 Å². The Labute approximate surface area is 101 Å². The minimum atomic E-state index is 0.334. The predicted octanol–water partition coefficient (Wildman–Crippen LogP) is 2.81. The summed E-state index contributed by atoms with van der Waals surface area (Å²) in [4.78, 5) is 0. The van der Waals surface area contributed by atoms with E-state index < -0.39 is 0 Å². The van der Waals surface area contributed by atoms with E-state index in [9.17, 15) is 0 Å². The molecule has 0 heterocycles. The maximum absolute atomic E-state index is 8.90. The summed E-state index contributed by atoms with van der Waals surface area (Å²) >= 11 is 0. The van der Waals surface area contributed by atoms with Gasteiger partial charge in [0.15, 0.2) is 0 Å². The van der Waals surface area contributed by atoms with Crippen LogP contribution in [0.15, 0.2) is 0 Å². The van der Waals surface area contributed by atoms with Crippen molar-refractivity contribution in [3.8, 4) is 0 Å². The molecule has 1 fully saturated rings. The molecule has 0 aromatic carbocycles. The lowest BCUT2D eigenvalue weighted by molar-refractivity contribution is 0.227. The molecule has 0 saturated heterocycles. The summed E-state index contributed by atoms with van der Waals surface area (Å²) in [5, 5.41) is 12.5. The monoisotopic (exact) mass is 227 g/mol. The first-order valence-corrected chi connectivity index (χ1v) is 7.04. The Kier molecular flexibility index (Phi) is 7.06. The van der Waals surface area contributed by atoms with Crippen LogP contribution in [0.5, 0.6) is 0 Å². The maximum atomic E-state index is 8.90. The van der Waals surface area contributed by atoms with E-state index in [1.807, 2.05) is 0 Å². The first kappa shape index (κ1) is 14.0. The SMILES string of the molecule is CC(CO)CCCNCC1CCC(C)CC1. The van der Waals surface area contributed by atoms with E-state index in [0.29, 0.717) is 12.5 Å². The third-order valence-electron chi connectivity index (χ3n) is 3.93. The molecule has 0 aliphatic heterocycles. The Hall–Kier alpha value is -0.0800. The van der Waals surface area contributed by atoms with Crippen molar-refractivity contribution in [2.75, 3.05) is 19.7 Å². The Morgan fingerprint density at radius 1 is 1.25 bits per heavy atom. The second kappa shape index (κ2) is 8.08. The van der Waals surface area contributed by atoms with E-state index in [2.05, 4.69) is 19.2 Å². The van der Waals surface area contributed by atoms with Crippen molar-refractivity contribution in [3.63, 3.8) is 0 Å². The highest BCUT2D eigenvalue weighted by Crippen LogP contribution is 2.27. The fourth-order valence-corrected chi connectivity index (χ4v) is 2.51. The lowest BCUT2D eigenvalue weighted by Gasteiger charge is -2.26. The second-order valence-corrected chi connectivity index (χ2v) is 5.76. The molecule has 96 valence electrons. The van der Waals surface area contributed by atoms with Crippen LogP contribution < -0.4 is 5.32 Å². The van der Waals surface area contributed by atoms with Gasteiger partial charge in [0.05, 0.1) is 0 Å². The normalized spacial score (nSPS) is 27.9. The van der Waals surface area contributed by atoms with E-state index in [1.54, 1.807) is 0 Å². The van der Waals surface area contributed by atoms with Gasteiger partial charge >= 0.3 is 0 Å². The zero-order valence-electron chi connectivity index (χ0n) is 11.0. The van der Waals surface area contributed by atoms with E-state index in [-0.39, 0.29) is 0 Å². The molecule has 0 aromatic rings. The fourth-order valence-electron chi connectivity index (χ4n) is 2.51. The fraction of sp³-hybridized carbons (Fsp3) is 1.00. The molecule has 0 spiro atoms. The van der Waals surface area contributed by atoms with Gasteiger partial charge in [0.2, 0.25) is 0 Å². The number of hydrogen-bond donors (Lipinski definition) is 2. The standard InChI is InChI=1S/C14H29NO/c1-12-5-7-14(8-6-12)10-15-9-3-4-13(2)11-16/h12-16H,3-11H2,1-2H3. The summed E-state index contributed by atoms with van der Waals surface area (Å²) in [6.07, 6.45) is 8.03. The first-order chi connectivity index (χ1) is 7.72. The van der Waals surface area contributed by atoms with Crippen LogP contribution in [0.2, 0.25) is 0 Å². The van der Waals surface area contributed by atoms with E-state index >= 15 is 0 Å². The molecule has 1 atom stereocenters. The Morgan fingerprint density at radius 2 is 1.94 bits per heavy atom. The molecular formula is C14H29NO. The van der Waals surface area contributed by atoms with Crippen LogP contribution >= 0.6 is 0 Å². The number of nitrogens with one attached hydrogen (secondary N) is 1. The van der Waals surface area contributed by atoms with Crippen LogP contribution in [-0.2, 0) is 0 Å². The van der Waals surface area contributed by atoms with Crippen LogP contribution in [0, 0.1) is 17.8 Å². The average Bonchev–Trinajstić information content (AvgIpc) is 2.31. The summed E-state index contributed by atoms with van der Waals surface area (Å²) in [6, 6.07) is 0. The molecule has 1 rings (SSSR count). The van der Waals surface area contributed by atoms with Gasteiger partial charge in [-0.25, -0.2) is 0 Å². The molecule has 2 heteroatoms. The van der Waals surface area contributed by atoms with Gasteiger partial charge in [-0.2, -0.15) is 0 Å². The third kappa shape index (κ3) is 5.86. The summed E-state index contributed by atoms with van der Waals surface area (Å²) in [5.41, 5.74) is 0. The van der Waals surface area contributed by atoms with Crippen LogP contribution in [0.3, 0.4) is 0 Å². The Balaban J connectivity index is 1.91. The van der Waals surface area contributed by atoms with Gasteiger partial charge in [-0.1, -0.05) is 26.7 Å². The van der Waals surface area contributed by atoms with Crippen molar-refractivity contribution in [1.82, 2.24) is 5.32 Å². The summed E-state index contributed by atoms with van der Waals surface area (Å²) in [5.74, 6) is 2.35. The van der Waals surface area contributed by atoms with Crippen LogP contribution in [0.4, 0.5) is 0 Å². The molecule has 1 saturated carbocycles. The van der Waals surface area contributed by atoms with Gasteiger partial charge in [-0.15, -0.1) is 0 Å². The highest BCUT2D eigenvalue weighted by Gasteiger charge is 2.17. The smallest absolute Gasteiger partial charge is 0.0456 e. The Morgan fingerprint density at radius 3 is 2.56 bits per heavy atom.